The molecule has 2 rings (SSSR count). The maximum atomic E-state index is 10.9. The minimum atomic E-state index is -0.377. The first-order valence-electron chi connectivity index (χ1n) is 5.65. The lowest BCUT2D eigenvalue weighted by Crippen LogP contribution is -2.13. The summed E-state index contributed by atoms with van der Waals surface area (Å²) in [5, 5.41) is 5.08. The zero-order valence-electron chi connectivity index (χ0n) is 10.1. The highest BCUT2D eigenvalue weighted by Crippen LogP contribution is 2.14. The zero-order valence-corrected chi connectivity index (χ0v) is 11.0. The topological polar surface area (TPSA) is 68.0 Å². The number of nitrogens with one attached hydrogen (secondary N) is 1. The first kappa shape index (κ1) is 12.7. The smallest absolute Gasteiger partial charge is 0.249 e. The third-order valence-corrected chi connectivity index (χ3v) is 3.43. The minimum absolute atomic E-state index is 0.377. The van der Waals surface area contributed by atoms with E-state index in [1.807, 2.05) is 31.2 Å². The van der Waals surface area contributed by atoms with E-state index in [0.29, 0.717) is 18.7 Å². The van der Waals surface area contributed by atoms with Crippen LogP contribution in [0.25, 0.3) is 0 Å². The Bertz CT molecular complexity index is 551. The number of nitrogens with zero attached hydrogens (tertiary/aromatic N) is 1. The summed E-state index contributed by atoms with van der Waals surface area (Å²) in [6, 6.07) is 7.78. The third-order valence-electron chi connectivity index (χ3n) is 2.49. The molecular weight excluding hydrogens is 246 g/mol. The van der Waals surface area contributed by atoms with Crippen molar-refractivity contribution in [2.45, 2.75) is 20.0 Å². The predicted octanol–water partition coefficient (Wildman–Crippen LogP) is 1.84. The second-order valence-corrected chi connectivity index (χ2v) is 5.04. The van der Waals surface area contributed by atoms with Crippen LogP contribution in [-0.2, 0) is 13.1 Å². The van der Waals surface area contributed by atoms with E-state index in [0.717, 1.165) is 16.3 Å². The fourth-order valence-electron chi connectivity index (χ4n) is 1.61. The molecular formula is C13H15N3OS. The fourth-order valence-corrected chi connectivity index (χ4v) is 2.46. The van der Waals surface area contributed by atoms with Gasteiger partial charge in [0.1, 0.15) is 0 Å². The number of hydrogen-bond donors (Lipinski definition) is 2. The molecule has 2 aromatic heterocycles. The number of aryl methyl sites for hydroxylation is 1. The van der Waals surface area contributed by atoms with Crippen molar-refractivity contribution in [3.63, 3.8) is 0 Å². The van der Waals surface area contributed by atoms with Gasteiger partial charge < -0.3 is 11.1 Å². The first-order valence-corrected chi connectivity index (χ1v) is 6.53. The molecule has 0 atom stereocenters. The predicted molar refractivity (Wildman–Crippen MR) is 72.4 cm³/mol. The fraction of sp³-hybridized carbons (Fsp3) is 0.231. The van der Waals surface area contributed by atoms with Gasteiger partial charge in [-0.3, -0.25) is 9.78 Å². The van der Waals surface area contributed by atoms with E-state index in [4.69, 9.17) is 5.73 Å². The van der Waals surface area contributed by atoms with E-state index in [9.17, 15) is 4.79 Å². The number of hydrogen-bond acceptors (Lipinski definition) is 4. The number of rotatable bonds is 5. The van der Waals surface area contributed by atoms with Crippen LogP contribution in [-0.4, -0.2) is 10.9 Å². The van der Waals surface area contributed by atoms with Gasteiger partial charge in [-0.1, -0.05) is 6.07 Å². The lowest BCUT2D eigenvalue weighted by molar-refractivity contribution is 0.100. The molecule has 0 aromatic carbocycles. The van der Waals surface area contributed by atoms with Gasteiger partial charge in [-0.05, 0) is 25.1 Å². The second-order valence-electron chi connectivity index (χ2n) is 4.04. The van der Waals surface area contributed by atoms with E-state index in [1.165, 1.54) is 11.3 Å². The van der Waals surface area contributed by atoms with Gasteiger partial charge in [-0.25, -0.2) is 0 Å². The summed E-state index contributed by atoms with van der Waals surface area (Å²) in [4.78, 5) is 16.4. The Morgan fingerprint density at radius 1 is 1.44 bits per heavy atom. The van der Waals surface area contributed by atoms with Crippen molar-refractivity contribution >= 4 is 17.2 Å². The maximum absolute atomic E-state index is 10.9. The number of carbonyl (C=O) groups excluding carboxylic acids is 1. The number of primary amides is 1. The van der Waals surface area contributed by atoms with Gasteiger partial charge in [-0.15, -0.1) is 11.3 Å². The lowest BCUT2D eigenvalue weighted by Gasteiger charge is -2.03. The molecule has 0 aliphatic rings. The van der Waals surface area contributed by atoms with Gasteiger partial charge in [0.05, 0.1) is 11.3 Å². The quantitative estimate of drug-likeness (QED) is 0.863. The molecule has 0 bridgehead atoms. The maximum Gasteiger partial charge on any atom is 0.249 e. The van der Waals surface area contributed by atoms with Crippen molar-refractivity contribution in [1.82, 2.24) is 10.3 Å². The average molecular weight is 261 g/mol. The number of carbonyl (C=O) groups is 1. The van der Waals surface area contributed by atoms with Crippen molar-refractivity contribution in [1.29, 1.82) is 0 Å². The molecule has 0 saturated heterocycles. The molecule has 1 amide bonds. The van der Waals surface area contributed by atoms with Gasteiger partial charge in [0, 0.05) is 29.0 Å². The molecule has 2 aromatic rings. The molecule has 18 heavy (non-hydrogen) atoms. The molecule has 0 radical (unpaired) electrons. The van der Waals surface area contributed by atoms with Gasteiger partial charge in [0.25, 0.3) is 0 Å². The highest BCUT2D eigenvalue weighted by atomic mass is 32.1. The zero-order chi connectivity index (χ0) is 13.0. The van der Waals surface area contributed by atoms with Crippen LogP contribution in [0.2, 0.25) is 0 Å². The van der Waals surface area contributed by atoms with Crippen LogP contribution in [0.5, 0.6) is 0 Å². The molecule has 0 fully saturated rings. The number of nitrogens with two attached hydrogens (primary N) is 1. The summed E-state index contributed by atoms with van der Waals surface area (Å²) in [6.45, 7) is 3.40. The van der Waals surface area contributed by atoms with Gasteiger partial charge in [-0.2, -0.15) is 0 Å². The van der Waals surface area contributed by atoms with E-state index in [-0.39, 0.29) is 5.91 Å². The molecule has 2 heterocycles. The van der Waals surface area contributed by atoms with Crippen molar-refractivity contribution in [2.24, 2.45) is 5.73 Å². The summed E-state index contributed by atoms with van der Waals surface area (Å²) in [7, 11) is 0. The van der Waals surface area contributed by atoms with Crippen LogP contribution in [0.3, 0.4) is 0 Å². The van der Waals surface area contributed by atoms with Crippen LogP contribution in [0.1, 0.15) is 26.6 Å². The number of pyridine rings is 1. The Morgan fingerprint density at radius 3 is 2.94 bits per heavy atom. The Balaban J connectivity index is 1.86. The van der Waals surface area contributed by atoms with Crippen LogP contribution in [0.15, 0.2) is 29.6 Å². The summed E-state index contributed by atoms with van der Waals surface area (Å²) in [5.74, 6) is -0.377. The SMILES string of the molecule is Cc1cccc(CNCc2cc(C(N)=O)cs2)n1. The molecule has 5 heteroatoms. The summed E-state index contributed by atoms with van der Waals surface area (Å²) in [6.07, 6.45) is 0. The largest absolute Gasteiger partial charge is 0.366 e. The molecule has 0 aliphatic heterocycles. The van der Waals surface area contributed by atoms with E-state index in [2.05, 4.69) is 10.3 Å². The van der Waals surface area contributed by atoms with Gasteiger partial charge in [0.2, 0.25) is 5.91 Å². The van der Waals surface area contributed by atoms with Crippen molar-refractivity contribution in [3.8, 4) is 0 Å². The summed E-state index contributed by atoms with van der Waals surface area (Å²) >= 11 is 1.53. The lowest BCUT2D eigenvalue weighted by atomic mass is 10.3. The molecule has 0 aliphatic carbocycles. The Hall–Kier alpha value is -1.72. The molecule has 0 spiro atoms. The van der Waals surface area contributed by atoms with Crippen molar-refractivity contribution in [2.75, 3.05) is 0 Å². The van der Waals surface area contributed by atoms with Gasteiger partial charge in [0.15, 0.2) is 0 Å². The Labute approximate surface area is 110 Å². The molecule has 3 N–H and O–H groups in total. The molecule has 0 saturated carbocycles. The Kier molecular flexibility index (Phi) is 4.07. The number of thiophene rings is 1. The molecule has 0 unspecified atom stereocenters. The summed E-state index contributed by atoms with van der Waals surface area (Å²) in [5.41, 5.74) is 7.81. The molecule has 4 nitrogen and oxygen atoms in total. The molecule has 94 valence electrons. The van der Waals surface area contributed by atoms with Crippen LogP contribution >= 0.6 is 11.3 Å². The standard InChI is InChI=1S/C13H15N3OS/c1-9-3-2-4-11(16-9)6-15-7-12-5-10(8-18-12)13(14)17/h2-5,8,15H,6-7H2,1H3,(H2,14,17). The second kappa shape index (κ2) is 5.75. The van der Waals surface area contributed by atoms with Crippen molar-refractivity contribution < 1.29 is 4.79 Å². The van der Waals surface area contributed by atoms with Crippen LogP contribution in [0, 0.1) is 6.92 Å². The highest BCUT2D eigenvalue weighted by molar-refractivity contribution is 7.10. The van der Waals surface area contributed by atoms with Crippen LogP contribution in [0.4, 0.5) is 0 Å². The van der Waals surface area contributed by atoms with E-state index >= 15 is 0 Å². The average Bonchev–Trinajstić information content (AvgIpc) is 2.78. The monoisotopic (exact) mass is 261 g/mol. The summed E-state index contributed by atoms with van der Waals surface area (Å²) < 4.78 is 0. The first-order chi connectivity index (χ1) is 8.65. The van der Waals surface area contributed by atoms with Crippen molar-refractivity contribution in [3.05, 3.63) is 51.5 Å². The van der Waals surface area contributed by atoms with E-state index in [1.54, 1.807) is 5.38 Å². The highest BCUT2D eigenvalue weighted by Gasteiger charge is 2.04. The van der Waals surface area contributed by atoms with E-state index < -0.39 is 0 Å². The number of amides is 1. The number of aromatic nitrogens is 1. The normalized spacial score (nSPS) is 10.5. The Morgan fingerprint density at radius 2 is 2.28 bits per heavy atom. The van der Waals surface area contributed by atoms with Gasteiger partial charge >= 0.3 is 0 Å². The third kappa shape index (κ3) is 3.38. The van der Waals surface area contributed by atoms with Crippen LogP contribution < -0.4 is 11.1 Å². The minimum Gasteiger partial charge on any atom is -0.366 e.